The third-order valence-electron chi connectivity index (χ3n) is 3.34. The Morgan fingerprint density at radius 1 is 1.48 bits per heavy atom. The standard InChI is InChI=1S/C10H14BrFN2O7/c1-20-8-10(11,12)7(18)13-9(19)14(8)6-5(17)4(16)3(2-15)21-6/h3-6,8,15-17H,2H2,1H3,(H,13,18,19)/t3-,4?,5?,6-,8?,10?/m1/s1. The summed E-state index contributed by atoms with van der Waals surface area (Å²) in [5.74, 6) is -1.26. The molecule has 2 fully saturated rings. The van der Waals surface area contributed by atoms with Crippen molar-refractivity contribution in [2.75, 3.05) is 13.7 Å². The van der Waals surface area contributed by atoms with Crippen LogP contribution in [0.2, 0.25) is 0 Å². The molecule has 4 unspecified atom stereocenters. The Balaban J connectivity index is 2.32. The number of nitrogens with zero attached hydrogens (tertiary/aromatic N) is 1. The number of aliphatic hydroxyl groups excluding tert-OH is 3. The van der Waals surface area contributed by atoms with Crippen LogP contribution in [0.25, 0.3) is 0 Å². The molecule has 3 amide bonds. The lowest BCUT2D eigenvalue weighted by Crippen LogP contribution is -2.70. The summed E-state index contributed by atoms with van der Waals surface area (Å²) in [5, 5.41) is 30.3. The molecule has 2 saturated heterocycles. The maximum absolute atomic E-state index is 14.3. The predicted octanol–water partition coefficient (Wildman–Crippen LogP) is -1.99. The molecule has 2 aliphatic rings. The van der Waals surface area contributed by atoms with Gasteiger partial charge in [0.25, 0.3) is 10.5 Å². The Kier molecular flexibility index (Phi) is 4.52. The van der Waals surface area contributed by atoms with Gasteiger partial charge in [0.05, 0.1) is 6.61 Å². The van der Waals surface area contributed by atoms with Gasteiger partial charge in [0.15, 0.2) is 12.5 Å². The molecule has 0 bridgehead atoms. The minimum absolute atomic E-state index is 0.611. The second-order valence-corrected chi connectivity index (χ2v) is 5.76. The summed E-state index contributed by atoms with van der Waals surface area (Å²) in [6, 6.07) is -1.06. The van der Waals surface area contributed by atoms with Gasteiger partial charge in [0, 0.05) is 7.11 Å². The van der Waals surface area contributed by atoms with Crippen molar-refractivity contribution in [3.05, 3.63) is 0 Å². The van der Waals surface area contributed by atoms with E-state index in [9.17, 15) is 24.2 Å². The fourth-order valence-electron chi connectivity index (χ4n) is 2.26. The van der Waals surface area contributed by atoms with E-state index in [1.807, 2.05) is 0 Å². The quantitative estimate of drug-likeness (QED) is 0.422. The molecule has 2 rings (SSSR count). The van der Waals surface area contributed by atoms with Crippen molar-refractivity contribution < 1.29 is 38.8 Å². The average molecular weight is 373 g/mol. The number of ether oxygens (including phenoxy) is 2. The minimum Gasteiger partial charge on any atom is -0.394 e. The first kappa shape index (κ1) is 16.5. The van der Waals surface area contributed by atoms with Crippen LogP contribution in [0.15, 0.2) is 0 Å². The number of rotatable bonds is 3. The number of amides is 3. The van der Waals surface area contributed by atoms with E-state index in [0.717, 1.165) is 7.11 Å². The van der Waals surface area contributed by atoms with Gasteiger partial charge in [-0.1, -0.05) is 0 Å². The zero-order chi connectivity index (χ0) is 15.9. The molecule has 4 N–H and O–H groups in total. The monoisotopic (exact) mass is 372 g/mol. The van der Waals surface area contributed by atoms with Crippen molar-refractivity contribution in [2.24, 2.45) is 0 Å². The largest absolute Gasteiger partial charge is 0.394 e. The third-order valence-corrected chi connectivity index (χ3v) is 4.09. The summed E-state index contributed by atoms with van der Waals surface area (Å²) < 4.78 is 21.5. The Hall–Kier alpha value is -0.850. The van der Waals surface area contributed by atoms with Crippen LogP contribution in [-0.4, -0.2) is 81.2 Å². The smallest absolute Gasteiger partial charge is 0.328 e. The van der Waals surface area contributed by atoms with Gasteiger partial charge in [-0.15, -0.1) is 0 Å². The Labute approximate surface area is 126 Å². The highest BCUT2D eigenvalue weighted by Crippen LogP contribution is 2.36. The van der Waals surface area contributed by atoms with Gasteiger partial charge >= 0.3 is 6.03 Å². The van der Waals surface area contributed by atoms with Crippen molar-refractivity contribution in [1.82, 2.24) is 10.2 Å². The number of alkyl halides is 2. The number of urea groups is 1. The van der Waals surface area contributed by atoms with Crippen molar-refractivity contribution in [2.45, 2.75) is 35.3 Å². The summed E-state index contributed by atoms with van der Waals surface area (Å²) in [4.78, 5) is 24.0. The first-order chi connectivity index (χ1) is 9.75. The van der Waals surface area contributed by atoms with Crippen molar-refractivity contribution in [1.29, 1.82) is 0 Å². The highest BCUT2D eigenvalue weighted by molar-refractivity contribution is 9.10. The predicted molar refractivity (Wildman–Crippen MR) is 66.7 cm³/mol. The van der Waals surface area contributed by atoms with Crippen molar-refractivity contribution in [3.8, 4) is 0 Å². The van der Waals surface area contributed by atoms with Gasteiger partial charge in [0.2, 0.25) is 0 Å². The summed E-state index contributed by atoms with van der Waals surface area (Å²) in [7, 11) is 1.06. The molecule has 9 nitrogen and oxygen atoms in total. The molecule has 0 spiro atoms. The van der Waals surface area contributed by atoms with E-state index in [0.29, 0.717) is 4.90 Å². The van der Waals surface area contributed by atoms with Crippen LogP contribution in [0.1, 0.15) is 0 Å². The average Bonchev–Trinajstić information content (AvgIpc) is 2.70. The minimum atomic E-state index is -2.76. The number of nitrogens with one attached hydrogen (secondary N) is 1. The molecular formula is C10H14BrFN2O7. The molecule has 0 aromatic carbocycles. The molecule has 0 aliphatic carbocycles. The Morgan fingerprint density at radius 3 is 2.57 bits per heavy atom. The molecule has 11 heteroatoms. The fourth-order valence-corrected chi connectivity index (χ4v) is 2.77. The number of hydrogen-bond acceptors (Lipinski definition) is 7. The molecule has 0 aromatic rings. The number of carbonyl (C=O) groups is 2. The zero-order valence-corrected chi connectivity index (χ0v) is 12.4. The number of methoxy groups -OCH3 is 1. The Morgan fingerprint density at radius 2 is 2.10 bits per heavy atom. The molecule has 0 saturated carbocycles. The molecule has 120 valence electrons. The molecule has 2 aliphatic heterocycles. The normalized spacial score (nSPS) is 44.1. The van der Waals surface area contributed by atoms with E-state index in [2.05, 4.69) is 15.9 Å². The van der Waals surface area contributed by atoms with Crippen LogP contribution in [0.4, 0.5) is 9.18 Å². The summed E-state index contributed by atoms with van der Waals surface area (Å²) in [6.07, 6.45) is -7.47. The van der Waals surface area contributed by atoms with Gasteiger partial charge in [-0.05, 0) is 15.9 Å². The second kappa shape index (κ2) is 5.74. The lowest BCUT2D eigenvalue weighted by Gasteiger charge is -2.42. The second-order valence-electron chi connectivity index (χ2n) is 4.61. The van der Waals surface area contributed by atoms with Crippen molar-refractivity contribution in [3.63, 3.8) is 0 Å². The van der Waals surface area contributed by atoms with Crippen LogP contribution in [0, 0.1) is 0 Å². The summed E-state index contributed by atoms with van der Waals surface area (Å²) in [6.45, 7) is -0.615. The van der Waals surface area contributed by atoms with E-state index in [4.69, 9.17) is 14.6 Å². The zero-order valence-electron chi connectivity index (χ0n) is 10.8. The van der Waals surface area contributed by atoms with E-state index < -0.39 is 53.9 Å². The van der Waals surface area contributed by atoms with Gasteiger partial charge in [0.1, 0.15) is 18.3 Å². The van der Waals surface area contributed by atoms with Crippen LogP contribution in [0.5, 0.6) is 0 Å². The molecular weight excluding hydrogens is 359 g/mol. The molecule has 0 radical (unpaired) electrons. The van der Waals surface area contributed by atoms with E-state index in [1.165, 1.54) is 0 Å². The highest BCUT2D eigenvalue weighted by Gasteiger charge is 2.59. The lowest BCUT2D eigenvalue weighted by atomic mass is 10.1. The van der Waals surface area contributed by atoms with E-state index in [1.54, 1.807) is 5.32 Å². The van der Waals surface area contributed by atoms with Crippen molar-refractivity contribution >= 4 is 27.9 Å². The van der Waals surface area contributed by atoms with E-state index >= 15 is 0 Å². The highest BCUT2D eigenvalue weighted by atomic mass is 79.9. The topological polar surface area (TPSA) is 129 Å². The summed E-state index contributed by atoms with van der Waals surface area (Å²) in [5.41, 5.74) is 0. The van der Waals surface area contributed by atoms with Gasteiger partial charge in [-0.2, -0.15) is 0 Å². The fraction of sp³-hybridized carbons (Fsp3) is 0.800. The molecule has 6 atom stereocenters. The van der Waals surface area contributed by atoms with Gasteiger partial charge < -0.3 is 24.8 Å². The SMILES string of the molecule is COC1N([C@@H]2O[C@H](CO)C(O)C2O)C(=O)NC(=O)C1(F)Br. The molecule has 21 heavy (non-hydrogen) atoms. The van der Waals surface area contributed by atoms with Crippen LogP contribution >= 0.6 is 15.9 Å². The lowest BCUT2D eigenvalue weighted by molar-refractivity contribution is -0.179. The molecule has 2 heterocycles. The molecule has 0 aromatic heterocycles. The van der Waals surface area contributed by atoms with E-state index in [-0.39, 0.29) is 0 Å². The number of carbonyl (C=O) groups excluding carboxylic acids is 2. The number of aliphatic hydroxyl groups is 3. The maximum atomic E-state index is 14.3. The number of hydrogen-bond donors (Lipinski definition) is 4. The number of imide groups is 1. The van der Waals surface area contributed by atoms with Crippen LogP contribution in [-0.2, 0) is 14.3 Å². The number of halogens is 2. The van der Waals surface area contributed by atoms with Gasteiger partial charge in [-0.3, -0.25) is 15.0 Å². The Bertz CT molecular complexity index is 451. The maximum Gasteiger partial charge on any atom is 0.328 e. The van der Waals surface area contributed by atoms with Crippen LogP contribution < -0.4 is 5.32 Å². The third kappa shape index (κ3) is 2.53. The van der Waals surface area contributed by atoms with Gasteiger partial charge in [-0.25, -0.2) is 9.18 Å². The first-order valence-corrected chi connectivity index (χ1v) is 6.71. The van der Waals surface area contributed by atoms with Crippen LogP contribution in [0.3, 0.4) is 0 Å². The first-order valence-electron chi connectivity index (χ1n) is 5.92. The summed E-state index contributed by atoms with van der Waals surface area (Å²) >= 11 is 2.52.